The summed E-state index contributed by atoms with van der Waals surface area (Å²) in [4.78, 5) is 23.6. The van der Waals surface area contributed by atoms with Gasteiger partial charge >= 0.3 is 0 Å². The monoisotopic (exact) mass is 303 g/mol. The lowest BCUT2D eigenvalue weighted by atomic mass is 10.1. The minimum atomic E-state index is 0.102. The Labute approximate surface area is 129 Å². The van der Waals surface area contributed by atoms with Gasteiger partial charge in [-0.1, -0.05) is 0 Å². The maximum absolute atomic E-state index is 12.4. The van der Waals surface area contributed by atoms with Crippen molar-refractivity contribution in [1.82, 2.24) is 14.9 Å². The number of pyridine rings is 1. The van der Waals surface area contributed by atoms with Gasteiger partial charge in [0, 0.05) is 31.9 Å². The normalized spacial score (nSPS) is 10.6. The van der Waals surface area contributed by atoms with E-state index in [0.717, 1.165) is 41.5 Å². The summed E-state index contributed by atoms with van der Waals surface area (Å²) >= 11 is 1.53. The first-order valence-electron chi connectivity index (χ1n) is 7.30. The lowest BCUT2D eigenvalue weighted by molar-refractivity contribution is 0.0777. The topological polar surface area (TPSA) is 46.1 Å². The highest BCUT2D eigenvalue weighted by Crippen LogP contribution is 2.21. The third-order valence-corrected chi connectivity index (χ3v) is 4.67. The summed E-state index contributed by atoms with van der Waals surface area (Å²) in [7, 11) is 0. The van der Waals surface area contributed by atoms with E-state index in [0.29, 0.717) is 0 Å². The van der Waals surface area contributed by atoms with Crippen molar-refractivity contribution in [1.29, 1.82) is 0 Å². The molecule has 0 spiro atoms. The molecule has 0 saturated heterocycles. The van der Waals surface area contributed by atoms with Gasteiger partial charge in [-0.2, -0.15) is 0 Å². The molecule has 21 heavy (non-hydrogen) atoms. The van der Waals surface area contributed by atoms with Crippen LogP contribution in [0.5, 0.6) is 0 Å². The fraction of sp³-hybridized carbons (Fsp3) is 0.438. The zero-order valence-corrected chi connectivity index (χ0v) is 13.6. The van der Waals surface area contributed by atoms with Crippen molar-refractivity contribution < 1.29 is 4.79 Å². The molecule has 5 heteroatoms. The van der Waals surface area contributed by atoms with Gasteiger partial charge < -0.3 is 4.90 Å². The third kappa shape index (κ3) is 3.88. The first kappa shape index (κ1) is 15.6. The number of hydrogen-bond donors (Lipinski definition) is 0. The number of carbonyl (C=O) groups is 1. The Morgan fingerprint density at radius 2 is 1.86 bits per heavy atom. The van der Waals surface area contributed by atoms with Gasteiger partial charge in [0.25, 0.3) is 5.91 Å². The first-order chi connectivity index (χ1) is 10.2. The highest BCUT2D eigenvalue weighted by atomic mass is 32.1. The van der Waals surface area contributed by atoms with E-state index in [4.69, 9.17) is 0 Å². The van der Waals surface area contributed by atoms with Crippen molar-refractivity contribution in [2.45, 2.75) is 33.6 Å². The molecular formula is C16H21N3OS. The average Bonchev–Trinajstić information content (AvgIpc) is 2.88. The summed E-state index contributed by atoms with van der Waals surface area (Å²) in [6.07, 6.45) is 5.39. The summed E-state index contributed by atoms with van der Waals surface area (Å²) in [5, 5.41) is 1.03. The van der Waals surface area contributed by atoms with E-state index >= 15 is 0 Å². The lowest BCUT2D eigenvalue weighted by Gasteiger charge is -2.17. The number of amides is 1. The standard InChI is InChI=1S/C16H21N3OS/c1-4-19(5-2)16(20)15-12(3)18-14(21-15)7-6-13-8-10-17-11-9-13/h8-11H,4-7H2,1-3H3. The van der Waals surface area contributed by atoms with Crippen molar-refractivity contribution in [3.05, 3.63) is 45.7 Å². The SMILES string of the molecule is CCN(CC)C(=O)c1sc(CCc2ccncc2)nc1C. The van der Waals surface area contributed by atoms with Gasteiger partial charge in [0.15, 0.2) is 0 Å². The summed E-state index contributed by atoms with van der Waals surface area (Å²) in [5.74, 6) is 0.102. The molecule has 4 nitrogen and oxygen atoms in total. The lowest BCUT2D eigenvalue weighted by Crippen LogP contribution is -2.30. The predicted octanol–water partition coefficient (Wildman–Crippen LogP) is 3.11. The van der Waals surface area contributed by atoms with Crippen molar-refractivity contribution in [3.8, 4) is 0 Å². The largest absolute Gasteiger partial charge is 0.338 e. The molecule has 0 unspecified atom stereocenters. The Kier molecular flexibility index (Phi) is 5.44. The second-order valence-electron chi connectivity index (χ2n) is 4.86. The summed E-state index contributed by atoms with van der Waals surface area (Å²) in [5.41, 5.74) is 2.09. The van der Waals surface area contributed by atoms with Crippen LogP contribution in [0.4, 0.5) is 0 Å². The third-order valence-electron chi connectivity index (χ3n) is 3.46. The number of rotatable bonds is 6. The van der Waals surface area contributed by atoms with Gasteiger partial charge in [-0.3, -0.25) is 9.78 Å². The van der Waals surface area contributed by atoms with Crippen LogP contribution in [0.1, 0.15) is 39.8 Å². The van der Waals surface area contributed by atoms with E-state index < -0.39 is 0 Å². The van der Waals surface area contributed by atoms with E-state index in [9.17, 15) is 4.79 Å². The fourth-order valence-electron chi connectivity index (χ4n) is 2.21. The van der Waals surface area contributed by atoms with Crippen molar-refractivity contribution in [3.63, 3.8) is 0 Å². The maximum atomic E-state index is 12.4. The van der Waals surface area contributed by atoms with Gasteiger partial charge in [-0.15, -0.1) is 11.3 Å². The summed E-state index contributed by atoms with van der Waals surface area (Å²) in [6, 6.07) is 4.03. The van der Waals surface area contributed by atoms with E-state index in [-0.39, 0.29) is 5.91 Å². The van der Waals surface area contributed by atoms with Crippen LogP contribution in [0, 0.1) is 6.92 Å². The number of nitrogens with zero attached hydrogens (tertiary/aromatic N) is 3. The average molecular weight is 303 g/mol. The van der Waals surface area contributed by atoms with Crippen molar-refractivity contribution >= 4 is 17.2 Å². The van der Waals surface area contributed by atoms with E-state index in [1.165, 1.54) is 16.9 Å². The molecular weight excluding hydrogens is 282 g/mol. The maximum Gasteiger partial charge on any atom is 0.265 e. The van der Waals surface area contributed by atoms with Gasteiger partial charge in [0.05, 0.1) is 10.7 Å². The van der Waals surface area contributed by atoms with Gasteiger partial charge in [0.1, 0.15) is 4.88 Å². The summed E-state index contributed by atoms with van der Waals surface area (Å²) in [6.45, 7) is 7.39. The molecule has 2 aromatic rings. The van der Waals surface area contributed by atoms with E-state index in [1.807, 2.05) is 37.8 Å². The molecule has 2 rings (SSSR count). The van der Waals surface area contributed by atoms with Crippen LogP contribution in [-0.4, -0.2) is 33.9 Å². The van der Waals surface area contributed by atoms with E-state index in [1.54, 1.807) is 12.4 Å². The fourth-order valence-corrected chi connectivity index (χ4v) is 3.24. The molecule has 1 amide bonds. The smallest absolute Gasteiger partial charge is 0.265 e. The van der Waals surface area contributed by atoms with Gasteiger partial charge in [-0.05, 0) is 44.9 Å². The van der Waals surface area contributed by atoms with Crippen LogP contribution in [0.3, 0.4) is 0 Å². The predicted molar refractivity (Wildman–Crippen MR) is 85.7 cm³/mol. The molecule has 112 valence electrons. The van der Waals surface area contributed by atoms with Crippen LogP contribution in [-0.2, 0) is 12.8 Å². The number of aromatic nitrogens is 2. The van der Waals surface area contributed by atoms with Crippen LogP contribution >= 0.6 is 11.3 Å². The van der Waals surface area contributed by atoms with Gasteiger partial charge in [-0.25, -0.2) is 4.98 Å². The highest BCUT2D eigenvalue weighted by Gasteiger charge is 2.19. The molecule has 0 aromatic carbocycles. The molecule has 0 fully saturated rings. The minimum Gasteiger partial charge on any atom is -0.338 e. The number of aryl methyl sites for hydroxylation is 3. The number of thiazole rings is 1. The van der Waals surface area contributed by atoms with Crippen LogP contribution in [0.2, 0.25) is 0 Å². The molecule has 0 aliphatic carbocycles. The Balaban J connectivity index is 2.07. The van der Waals surface area contributed by atoms with Crippen molar-refractivity contribution in [2.24, 2.45) is 0 Å². The van der Waals surface area contributed by atoms with Crippen LogP contribution < -0.4 is 0 Å². The Hall–Kier alpha value is -1.75. The number of hydrogen-bond acceptors (Lipinski definition) is 4. The van der Waals surface area contributed by atoms with Crippen LogP contribution in [0.25, 0.3) is 0 Å². The highest BCUT2D eigenvalue weighted by molar-refractivity contribution is 7.13. The molecule has 0 N–H and O–H groups in total. The molecule has 0 atom stereocenters. The zero-order valence-electron chi connectivity index (χ0n) is 12.8. The summed E-state index contributed by atoms with van der Waals surface area (Å²) < 4.78 is 0. The van der Waals surface area contributed by atoms with E-state index in [2.05, 4.69) is 9.97 Å². The second-order valence-corrected chi connectivity index (χ2v) is 5.94. The molecule has 0 saturated carbocycles. The molecule has 2 heterocycles. The molecule has 2 aromatic heterocycles. The number of carbonyl (C=O) groups excluding carboxylic acids is 1. The minimum absolute atomic E-state index is 0.102. The molecule has 0 radical (unpaired) electrons. The van der Waals surface area contributed by atoms with Crippen molar-refractivity contribution in [2.75, 3.05) is 13.1 Å². The Morgan fingerprint density at radius 3 is 2.48 bits per heavy atom. The molecule has 0 bridgehead atoms. The first-order valence-corrected chi connectivity index (χ1v) is 8.11. The molecule has 0 aliphatic rings. The Bertz CT molecular complexity index is 591. The second kappa shape index (κ2) is 7.31. The zero-order chi connectivity index (χ0) is 15.2. The van der Waals surface area contributed by atoms with Gasteiger partial charge in [0.2, 0.25) is 0 Å². The quantitative estimate of drug-likeness (QED) is 0.823. The Morgan fingerprint density at radius 1 is 1.19 bits per heavy atom. The molecule has 0 aliphatic heterocycles. The van der Waals surface area contributed by atoms with Crippen LogP contribution in [0.15, 0.2) is 24.5 Å².